The lowest BCUT2D eigenvalue weighted by Gasteiger charge is -2.27. The number of methoxy groups -OCH3 is 1. The first-order valence-electron chi connectivity index (χ1n) is 13.1. The Hall–Kier alpha value is -3.12. The van der Waals surface area contributed by atoms with Crippen molar-refractivity contribution in [3.63, 3.8) is 0 Å². The summed E-state index contributed by atoms with van der Waals surface area (Å²) in [5.74, 6) is 0.388. The van der Waals surface area contributed by atoms with Crippen molar-refractivity contribution in [2.24, 2.45) is 5.92 Å². The molecule has 8 nitrogen and oxygen atoms in total. The summed E-state index contributed by atoms with van der Waals surface area (Å²) in [6, 6.07) is 14.5. The third kappa shape index (κ3) is 9.02. The van der Waals surface area contributed by atoms with Crippen LogP contribution in [0.25, 0.3) is 0 Å². The van der Waals surface area contributed by atoms with Crippen LogP contribution in [0.3, 0.4) is 0 Å². The Bertz CT molecular complexity index is 1110. The number of benzene rings is 2. The van der Waals surface area contributed by atoms with E-state index in [2.05, 4.69) is 26.8 Å². The van der Waals surface area contributed by atoms with Crippen LogP contribution in [0, 0.1) is 17.2 Å². The van der Waals surface area contributed by atoms with E-state index >= 15 is 0 Å². The molecule has 1 fully saturated rings. The number of rotatable bonds is 12. The van der Waals surface area contributed by atoms with Gasteiger partial charge in [0.15, 0.2) is 0 Å². The average Bonchev–Trinajstić information content (AvgIpc) is 2.93. The van der Waals surface area contributed by atoms with E-state index in [1.165, 1.54) is 39.2 Å². The first-order valence-corrected chi connectivity index (χ1v) is 13.5. The van der Waals surface area contributed by atoms with Crippen molar-refractivity contribution in [2.45, 2.75) is 50.7 Å². The normalized spacial score (nSPS) is 15.2. The molecule has 2 aromatic rings. The van der Waals surface area contributed by atoms with Gasteiger partial charge in [-0.15, -0.1) is 0 Å². The highest BCUT2D eigenvalue weighted by atomic mass is 35.5. The Balaban J connectivity index is 1.83. The maximum absolute atomic E-state index is 13.4. The Morgan fingerprint density at radius 3 is 2.61 bits per heavy atom. The Morgan fingerprint density at radius 2 is 1.92 bits per heavy atom. The van der Waals surface area contributed by atoms with E-state index < -0.39 is 12.2 Å². The van der Waals surface area contributed by atoms with Gasteiger partial charge in [0.1, 0.15) is 6.10 Å². The average molecular weight is 541 g/mol. The van der Waals surface area contributed by atoms with E-state index in [1.807, 2.05) is 19.2 Å². The summed E-state index contributed by atoms with van der Waals surface area (Å²) >= 11 is 6.25. The molecule has 0 aromatic heterocycles. The highest BCUT2D eigenvalue weighted by Crippen LogP contribution is 2.30. The van der Waals surface area contributed by atoms with Crippen molar-refractivity contribution in [1.82, 2.24) is 16.0 Å². The number of hydrogen-bond donors (Lipinski definition) is 3. The van der Waals surface area contributed by atoms with Crippen LogP contribution in [0.5, 0.6) is 0 Å². The van der Waals surface area contributed by atoms with Crippen LogP contribution in [-0.2, 0) is 9.47 Å². The maximum atomic E-state index is 13.4. The predicted octanol–water partition coefficient (Wildman–Crippen LogP) is 4.96. The number of ether oxygens (including phenoxy) is 2. The molecule has 3 N–H and O–H groups in total. The number of alkyl carbamates (subject to hydrolysis) is 1. The molecule has 1 aliphatic carbocycles. The molecule has 9 heteroatoms. The molecule has 2 atom stereocenters. The standard InChI is InChI=1S/C29H37ClN4O4/c1-32-19-26(15-20-7-4-3-5-8-20)34-28(35)24-14-21(18-31)13-23(16-24)27(22-9-6-10-25(30)17-22)38-12-11-33-29(36)37-2/h6,9-10,13-14,16-17,20,26-27,32H,3-5,7-8,11-12,15,19H2,1-2H3,(H,33,36)(H,34,35). The summed E-state index contributed by atoms with van der Waals surface area (Å²) in [4.78, 5) is 24.8. The maximum Gasteiger partial charge on any atom is 0.406 e. The number of carbonyl (C=O) groups excluding carboxylic acids is 2. The Labute approximate surface area is 230 Å². The molecule has 0 bridgehead atoms. The monoisotopic (exact) mass is 540 g/mol. The van der Waals surface area contributed by atoms with E-state index in [0.29, 0.717) is 34.2 Å². The van der Waals surface area contributed by atoms with Crippen molar-refractivity contribution >= 4 is 23.6 Å². The molecule has 0 aliphatic heterocycles. The third-order valence-corrected chi connectivity index (χ3v) is 7.01. The molecular weight excluding hydrogens is 504 g/mol. The van der Waals surface area contributed by atoms with Crippen LogP contribution >= 0.6 is 11.6 Å². The van der Waals surface area contributed by atoms with Crippen LogP contribution in [0.1, 0.15) is 71.7 Å². The van der Waals surface area contributed by atoms with Crippen molar-refractivity contribution in [1.29, 1.82) is 5.26 Å². The molecule has 204 valence electrons. The first-order chi connectivity index (χ1) is 18.4. The number of carbonyl (C=O) groups is 2. The van der Waals surface area contributed by atoms with Crippen LogP contribution < -0.4 is 16.0 Å². The number of amides is 2. The fraction of sp³-hybridized carbons (Fsp3) is 0.483. The largest absolute Gasteiger partial charge is 0.453 e. The minimum absolute atomic E-state index is 0.00540. The molecule has 1 aliphatic rings. The summed E-state index contributed by atoms with van der Waals surface area (Å²) in [7, 11) is 3.18. The summed E-state index contributed by atoms with van der Waals surface area (Å²) in [5.41, 5.74) is 2.16. The molecular formula is C29H37ClN4O4. The third-order valence-electron chi connectivity index (χ3n) is 6.77. The summed E-state index contributed by atoms with van der Waals surface area (Å²) in [6.45, 7) is 1.08. The molecule has 0 saturated heterocycles. The number of likely N-dealkylation sites (N-methyl/N-ethyl adjacent to an activating group) is 1. The van der Waals surface area contributed by atoms with Gasteiger partial charge in [0, 0.05) is 29.7 Å². The number of nitrogens with one attached hydrogen (secondary N) is 3. The second-order valence-electron chi connectivity index (χ2n) is 9.65. The summed E-state index contributed by atoms with van der Waals surface area (Å²) in [6.07, 6.45) is 5.96. The van der Waals surface area contributed by atoms with Gasteiger partial charge in [0.05, 0.1) is 25.3 Å². The molecule has 2 amide bonds. The van der Waals surface area contributed by atoms with Crippen LogP contribution in [0.2, 0.25) is 5.02 Å². The van der Waals surface area contributed by atoms with Crippen molar-refractivity contribution < 1.29 is 19.1 Å². The van der Waals surface area contributed by atoms with Gasteiger partial charge in [-0.1, -0.05) is 55.8 Å². The smallest absolute Gasteiger partial charge is 0.406 e. The van der Waals surface area contributed by atoms with E-state index in [0.717, 1.165) is 12.0 Å². The lowest BCUT2D eigenvalue weighted by molar-refractivity contribution is 0.0804. The quantitative estimate of drug-likeness (QED) is 0.328. The summed E-state index contributed by atoms with van der Waals surface area (Å²) < 4.78 is 10.7. The van der Waals surface area contributed by atoms with Gasteiger partial charge in [0.25, 0.3) is 5.91 Å². The Kier molecular flexibility index (Phi) is 11.9. The second-order valence-corrected chi connectivity index (χ2v) is 10.1. The zero-order valence-electron chi connectivity index (χ0n) is 22.1. The van der Waals surface area contributed by atoms with Gasteiger partial charge in [0.2, 0.25) is 0 Å². The minimum atomic E-state index is -0.608. The zero-order valence-corrected chi connectivity index (χ0v) is 22.9. The molecule has 2 unspecified atom stereocenters. The van der Waals surface area contributed by atoms with Gasteiger partial charge in [-0.3, -0.25) is 4.79 Å². The van der Waals surface area contributed by atoms with E-state index in [-0.39, 0.29) is 25.1 Å². The molecule has 0 radical (unpaired) electrons. The van der Waals surface area contributed by atoms with E-state index in [4.69, 9.17) is 16.3 Å². The number of nitriles is 1. The number of nitrogens with zero attached hydrogens (tertiary/aromatic N) is 1. The molecule has 0 heterocycles. The fourth-order valence-electron chi connectivity index (χ4n) is 4.99. The SMILES string of the molecule is CNCC(CC1CCCCC1)NC(=O)c1cc(C#N)cc(C(OCCNC(=O)OC)c2cccc(Cl)c2)c1. The Morgan fingerprint density at radius 1 is 1.13 bits per heavy atom. The van der Waals surface area contributed by atoms with Gasteiger partial charge in [-0.2, -0.15) is 5.26 Å². The van der Waals surface area contributed by atoms with Gasteiger partial charge >= 0.3 is 6.09 Å². The molecule has 2 aromatic carbocycles. The van der Waals surface area contributed by atoms with Crippen LogP contribution in [0.4, 0.5) is 4.79 Å². The van der Waals surface area contributed by atoms with Crippen LogP contribution in [0.15, 0.2) is 42.5 Å². The minimum Gasteiger partial charge on any atom is -0.453 e. The molecule has 0 spiro atoms. The fourth-order valence-corrected chi connectivity index (χ4v) is 5.19. The molecule has 38 heavy (non-hydrogen) atoms. The lowest BCUT2D eigenvalue weighted by Crippen LogP contribution is -2.42. The number of hydrogen-bond acceptors (Lipinski definition) is 6. The van der Waals surface area contributed by atoms with E-state index in [9.17, 15) is 14.9 Å². The van der Waals surface area contributed by atoms with Crippen molar-refractivity contribution in [3.05, 3.63) is 69.7 Å². The second kappa shape index (κ2) is 15.3. The highest BCUT2D eigenvalue weighted by Gasteiger charge is 2.23. The van der Waals surface area contributed by atoms with Crippen molar-refractivity contribution in [2.75, 3.05) is 33.9 Å². The van der Waals surface area contributed by atoms with Crippen LogP contribution in [-0.4, -0.2) is 51.9 Å². The van der Waals surface area contributed by atoms with Gasteiger partial charge in [-0.05, 0) is 60.8 Å². The van der Waals surface area contributed by atoms with Gasteiger partial charge < -0.3 is 25.4 Å². The number of halogens is 1. The zero-order chi connectivity index (χ0) is 27.3. The van der Waals surface area contributed by atoms with Gasteiger partial charge in [-0.25, -0.2) is 4.79 Å². The predicted molar refractivity (Wildman–Crippen MR) is 147 cm³/mol. The molecule has 3 rings (SSSR count). The highest BCUT2D eigenvalue weighted by molar-refractivity contribution is 6.30. The summed E-state index contributed by atoms with van der Waals surface area (Å²) in [5, 5.41) is 19.2. The van der Waals surface area contributed by atoms with Crippen molar-refractivity contribution in [3.8, 4) is 6.07 Å². The molecule has 1 saturated carbocycles. The first kappa shape index (κ1) is 29.4. The topological polar surface area (TPSA) is 112 Å². The van der Waals surface area contributed by atoms with E-state index in [1.54, 1.807) is 30.3 Å². The lowest BCUT2D eigenvalue weighted by atomic mass is 9.84.